The molecule has 9 heteroatoms. The molecule has 1 amide bonds. The number of amides is 1. The zero-order valence-corrected chi connectivity index (χ0v) is 19.9. The Morgan fingerprint density at radius 1 is 1.13 bits per heavy atom. The first-order valence-corrected chi connectivity index (χ1v) is 12.6. The van der Waals surface area contributed by atoms with E-state index in [0.29, 0.717) is 6.54 Å². The summed E-state index contributed by atoms with van der Waals surface area (Å²) >= 11 is 3.28. The summed E-state index contributed by atoms with van der Waals surface area (Å²) in [6, 6.07) is 14.2. The highest BCUT2D eigenvalue weighted by Gasteiger charge is 2.26. The van der Waals surface area contributed by atoms with Crippen molar-refractivity contribution in [3.63, 3.8) is 0 Å². The minimum atomic E-state index is -3.64. The minimum absolute atomic E-state index is 0.0158. The van der Waals surface area contributed by atoms with Gasteiger partial charge in [-0.2, -0.15) is 0 Å². The molecule has 1 atom stereocenters. The van der Waals surface area contributed by atoms with Crippen LogP contribution in [0.15, 0.2) is 57.9 Å². The van der Waals surface area contributed by atoms with Crippen molar-refractivity contribution in [2.45, 2.75) is 30.2 Å². The number of carbonyl (C=O) groups is 1. The quantitative estimate of drug-likeness (QED) is 0.513. The third-order valence-corrected chi connectivity index (χ3v) is 7.35. The summed E-state index contributed by atoms with van der Waals surface area (Å²) in [5, 5.41) is 2.97. The van der Waals surface area contributed by atoms with Crippen molar-refractivity contribution < 1.29 is 17.9 Å². The Morgan fingerprint density at radius 3 is 2.48 bits per heavy atom. The van der Waals surface area contributed by atoms with Crippen LogP contribution < -0.4 is 14.8 Å². The smallest absolute Gasteiger partial charge is 0.240 e. The number of rotatable bonds is 10. The van der Waals surface area contributed by atoms with Gasteiger partial charge in [0.05, 0.1) is 18.0 Å². The van der Waals surface area contributed by atoms with E-state index in [-0.39, 0.29) is 29.8 Å². The minimum Gasteiger partial charge on any atom is -0.496 e. The fourth-order valence-electron chi connectivity index (χ4n) is 3.73. The van der Waals surface area contributed by atoms with Crippen LogP contribution in [0.4, 0.5) is 0 Å². The number of benzene rings is 2. The molecular formula is C22H28BrN3O4S. The summed E-state index contributed by atoms with van der Waals surface area (Å²) in [5.74, 6) is 0.605. The summed E-state index contributed by atoms with van der Waals surface area (Å²) < 4.78 is 33.5. The molecule has 1 aliphatic rings. The molecule has 2 aromatic rings. The van der Waals surface area contributed by atoms with Crippen LogP contribution in [-0.4, -0.2) is 52.5 Å². The van der Waals surface area contributed by atoms with Gasteiger partial charge in [-0.25, -0.2) is 13.1 Å². The van der Waals surface area contributed by atoms with E-state index in [2.05, 4.69) is 30.9 Å². The van der Waals surface area contributed by atoms with Crippen LogP contribution in [0.25, 0.3) is 0 Å². The molecule has 0 aromatic heterocycles. The average molecular weight is 510 g/mol. The molecule has 0 radical (unpaired) electrons. The Morgan fingerprint density at radius 2 is 1.81 bits per heavy atom. The molecule has 1 aliphatic heterocycles. The summed E-state index contributed by atoms with van der Waals surface area (Å²) in [6.45, 7) is 2.43. The number of hydrogen-bond donors (Lipinski definition) is 2. The van der Waals surface area contributed by atoms with Gasteiger partial charge in [0.15, 0.2) is 0 Å². The van der Waals surface area contributed by atoms with Gasteiger partial charge in [-0.3, -0.25) is 9.69 Å². The standard InChI is InChI=1S/C22H28BrN3O4S/c1-30-21-7-3-2-6-19(21)20(26-14-4-5-15-26)16-24-22(27)12-13-25-31(28,29)18-10-8-17(23)9-11-18/h2-3,6-11,20,25H,4-5,12-16H2,1H3,(H,24,27)/t20-/m0/s1. The normalized spacial score (nSPS) is 15.5. The Balaban J connectivity index is 1.55. The Kier molecular flexibility index (Phi) is 8.48. The van der Waals surface area contributed by atoms with Crippen molar-refractivity contribution >= 4 is 31.9 Å². The molecule has 1 heterocycles. The maximum absolute atomic E-state index is 12.4. The molecule has 31 heavy (non-hydrogen) atoms. The number of para-hydroxylation sites is 1. The number of carbonyl (C=O) groups excluding carboxylic acids is 1. The van der Waals surface area contributed by atoms with Gasteiger partial charge in [-0.1, -0.05) is 34.1 Å². The van der Waals surface area contributed by atoms with E-state index in [1.165, 1.54) is 12.1 Å². The van der Waals surface area contributed by atoms with Crippen LogP contribution in [0, 0.1) is 0 Å². The van der Waals surface area contributed by atoms with Crippen LogP contribution >= 0.6 is 15.9 Å². The fraction of sp³-hybridized carbons (Fsp3) is 0.409. The van der Waals surface area contributed by atoms with Crippen molar-refractivity contribution in [2.75, 3.05) is 33.3 Å². The van der Waals surface area contributed by atoms with Gasteiger partial charge < -0.3 is 10.1 Å². The molecule has 1 fully saturated rings. The zero-order chi connectivity index (χ0) is 22.3. The molecule has 0 saturated carbocycles. The summed E-state index contributed by atoms with van der Waals surface area (Å²) in [4.78, 5) is 14.9. The Labute approximate surface area is 192 Å². The lowest BCUT2D eigenvalue weighted by atomic mass is 10.0. The van der Waals surface area contributed by atoms with E-state index in [9.17, 15) is 13.2 Å². The number of sulfonamides is 1. The first-order valence-electron chi connectivity index (χ1n) is 10.3. The fourth-order valence-corrected chi connectivity index (χ4v) is 5.02. The van der Waals surface area contributed by atoms with Crippen LogP contribution in [0.2, 0.25) is 0 Å². The molecule has 2 N–H and O–H groups in total. The van der Waals surface area contributed by atoms with E-state index < -0.39 is 10.0 Å². The summed E-state index contributed by atoms with van der Waals surface area (Å²) in [7, 11) is -2.00. The maximum atomic E-state index is 12.4. The highest BCUT2D eigenvalue weighted by Crippen LogP contribution is 2.31. The molecular weight excluding hydrogens is 482 g/mol. The second-order valence-electron chi connectivity index (χ2n) is 7.41. The monoisotopic (exact) mass is 509 g/mol. The molecule has 7 nitrogen and oxygen atoms in total. The molecule has 3 rings (SSSR count). The van der Waals surface area contributed by atoms with E-state index in [1.54, 1.807) is 19.2 Å². The van der Waals surface area contributed by atoms with Gasteiger partial charge in [0.25, 0.3) is 0 Å². The van der Waals surface area contributed by atoms with Gasteiger partial charge in [0.1, 0.15) is 5.75 Å². The highest BCUT2D eigenvalue weighted by atomic mass is 79.9. The van der Waals surface area contributed by atoms with Gasteiger partial charge in [0.2, 0.25) is 15.9 Å². The van der Waals surface area contributed by atoms with Gasteiger partial charge in [-0.05, 0) is 56.3 Å². The molecule has 0 aliphatic carbocycles. The number of likely N-dealkylation sites (tertiary alicyclic amines) is 1. The van der Waals surface area contributed by atoms with E-state index in [1.807, 2.05) is 24.3 Å². The van der Waals surface area contributed by atoms with Crippen LogP contribution in [-0.2, 0) is 14.8 Å². The second kappa shape index (κ2) is 11.1. The number of nitrogens with zero attached hydrogens (tertiary/aromatic N) is 1. The van der Waals surface area contributed by atoms with Crippen molar-refractivity contribution in [2.24, 2.45) is 0 Å². The maximum Gasteiger partial charge on any atom is 0.240 e. The molecule has 0 unspecified atom stereocenters. The first kappa shape index (κ1) is 23.7. The third-order valence-electron chi connectivity index (χ3n) is 5.34. The van der Waals surface area contributed by atoms with Crippen molar-refractivity contribution in [3.8, 4) is 5.75 Å². The Hall–Kier alpha value is -1.94. The number of ether oxygens (including phenoxy) is 1. The van der Waals surface area contributed by atoms with Crippen molar-refractivity contribution in [1.29, 1.82) is 0 Å². The van der Waals surface area contributed by atoms with Crippen LogP contribution in [0.5, 0.6) is 5.75 Å². The lowest BCUT2D eigenvalue weighted by molar-refractivity contribution is -0.121. The largest absolute Gasteiger partial charge is 0.496 e. The molecule has 0 spiro atoms. The summed E-state index contributed by atoms with van der Waals surface area (Å²) in [5.41, 5.74) is 1.04. The van der Waals surface area contributed by atoms with Gasteiger partial charge in [-0.15, -0.1) is 0 Å². The predicted molar refractivity (Wildman–Crippen MR) is 123 cm³/mol. The van der Waals surface area contributed by atoms with Gasteiger partial charge >= 0.3 is 0 Å². The third kappa shape index (κ3) is 6.52. The lowest BCUT2D eigenvalue weighted by Gasteiger charge is -2.29. The SMILES string of the molecule is COc1ccccc1[C@H](CNC(=O)CCNS(=O)(=O)c1ccc(Br)cc1)N1CCCC1. The first-order chi connectivity index (χ1) is 14.9. The average Bonchev–Trinajstić information content (AvgIpc) is 3.29. The van der Waals surface area contributed by atoms with Crippen molar-refractivity contribution in [3.05, 3.63) is 58.6 Å². The Bertz CT molecular complexity index is 977. The number of nitrogens with one attached hydrogen (secondary N) is 2. The van der Waals surface area contributed by atoms with Crippen molar-refractivity contribution in [1.82, 2.24) is 14.9 Å². The number of halogens is 1. The lowest BCUT2D eigenvalue weighted by Crippen LogP contribution is -2.38. The molecule has 0 bridgehead atoms. The molecule has 168 valence electrons. The predicted octanol–water partition coefficient (Wildman–Crippen LogP) is 3.08. The highest BCUT2D eigenvalue weighted by molar-refractivity contribution is 9.10. The van der Waals surface area contributed by atoms with Crippen LogP contribution in [0.1, 0.15) is 30.9 Å². The van der Waals surface area contributed by atoms with Gasteiger partial charge in [0, 0.05) is 29.5 Å². The van der Waals surface area contributed by atoms with E-state index >= 15 is 0 Å². The number of methoxy groups -OCH3 is 1. The molecule has 2 aromatic carbocycles. The number of hydrogen-bond acceptors (Lipinski definition) is 5. The second-order valence-corrected chi connectivity index (χ2v) is 10.1. The van der Waals surface area contributed by atoms with E-state index in [0.717, 1.165) is 41.7 Å². The summed E-state index contributed by atoms with van der Waals surface area (Å²) in [6.07, 6.45) is 2.34. The topological polar surface area (TPSA) is 87.7 Å². The molecule has 1 saturated heterocycles. The van der Waals surface area contributed by atoms with Crippen LogP contribution in [0.3, 0.4) is 0 Å². The zero-order valence-electron chi connectivity index (χ0n) is 17.5. The van der Waals surface area contributed by atoms with E-state index in [4.69, 9.17) is 4.74 Å².